The first-order valence-corrected chi connectivity index (χ1v) is 6.41. The fourth-order valence-corrected chi connectivity index (χ4v) is 2.10. The summed E-state index contributed by atoms with van der Waals surface area (Å²) in [6, 6.07) is 4.46. The number of hydrogen-bond acceptors (Lipinski definition) is 2. The van der Waals surface area contributed by atoms with Crippen LogP contribution in [0.1, 0.15) is 37.8 Å². The Bertz CT molecular complexity index is 402. The van der Waals surface area contributed by atoms with E-state index in [1.165, 1.54) is 19.1 Å². The lowest BCUT2D eigenvalue weighted by atomic mass is 9.84. The van der Waals surface area contributed by atoms with Crippen LogP contribution in [0.3, 0.4) is 0 Å². The lowest BCUT2D eigenvalue weighted by Gasteiger charge is -2.35. The summed E-state index contributed by atoms with van der Waals surface area (Å²) in [6.45, 7) is 3.51. The van der Waals surface area contributed by atoms with Crippen LogP contribution >= 0.6 is 0 Å². The fraction of sp³-hybridized carbons (Fsp3) is 0.571. The quantitative estimate of drug-likeness (QED) is 0.867. The normalized spacial score (nSPS) is 17.0. The molecule has 2 unspecified atom stereocenters. The zero-order valence-electron chi connectivity index (χ0n) is 11.2. The number of rotatable bonds is 5. The van der Waals surface area contributed by atoms with Gasteiger partial charge in [0.15, 0.2) is 0 Å². The number of benzene rings is 1. The largest absolute Gasteiger partial charge is 0.422 e. The van der Waals surface area contributed by atoms with Crippen LogP contribution in [0.15, 0.2) is 24.3 Å². The first kappa shape index (κ1) is 16.0. The third-order valence-corrected chi connectivity index (χ3v) is 3.34. The van der Waals surface area contributed by atoms with Crippen molar-refractivity contribution in [3.8, 4) is 0 Å². The molecule has 0 fully saturated rings. The van der Waals surface area contributed by atoms with Gasteiger partial charge in [0.1, 0.15) is 0 Å². The molecule has 1 aromatic rings. The van der Waals surface area contributed by atoms with Crippen molar-refractivity contribution >= 4 is 0 Å². The minimum atomic E-state index is -4.80. The first-order valence-electron chi connectivity index (χ1n) is 6.41. The molecule has 1 rings (SSSR count). The maximum Gasteiger partial charge on any atom is 0.422 e. The summed E-state index contributed by atoms with van der Waals surface area (Å²) in [6.07, 6.45) is -3.05. The second-order valence-corrected chi connectivity index (χ2v) is 4.73. The van der Waals surface area contributed by atoms with E-state index in [9.17, 15) is 18.3 Å². The minimum absolute atomic E-state index is 0.0344. The van der Waals surface area contributed by atoms with Crippen LogP contribution in [-0.2, 0) is 12.0 Å². The Kier molecular flexibility index (Phi) is 4.98. The summed E-state index contributed by atoms with van der Waals surface area (Å²) in [7, 11) is 0. The molecule has 0 bridgehead atoms. The van der Waals surface area contributed by atoms with Crippen molar-refractivity contribution in [2.45, 2.75) is 50.9 Å². The van der Waals surface area contributed by atoms with E-state index >= 15 is 0 Å². The fourth-order valence-electron chi connectivity index (χ4n) is 2.10. The lowest BCUT2D eigenvalue weighted by Crippen LogP contribution is -2.55. The molecule has 0 radical (unpaired) electrons. The zero-order chi connectivity index (χ0) is 14.7. The highest BCUT2D eigenvalue weighted by molar-refractivity contribution is 5.30. The van der Waals surface area contributed by atoms with Crippen molar-refractivity contribution in [2.24, 2.45) is 5.73 Å². The number of hydrogen-bond donors (Lipinski definition) is 2. The Morgan fingerprint density at radius 3 is 2.05 bits per heavy atom. The van der Waals surface area contributed by atoms with Crippen molar-refractivity contribution in [1.29, 1.82) is 0 Å². The van der Waals surface area contributed by atoms with E-state index in [1.807, 2.05) is 6.92 Å². The highest BCUT2D eigenvalue weighted by atomic mass is 19.4. The molecule has 0 aromatic heterocycles. The molecule has 108 valence electrons. The molecule has 0 saturated heterocycles. The molecule has 3 N–H and O–H groups in total. The average Bonchev–Trinajstić information content (AvgIpc) is 2.36. The van der Waals surface area contributed by atoms with Gasteiger partial charge in [-0.1, -0.05) is 44.5 Å². The van der Waals surface area contributed by atoms with Gasteiger partial charge in [0.25, 0.3) is 0 Å². The zero-order valence-corrected chi connectivity index (χ0v) is 11.2. The van der Waals surface area contributed by atoms with Crippen LogP contribution in [-0.4, -0.2) is 17.3 Å². The third kappa shape index (κ3) is 3.09. The van der Waals surface area contributed by atoms with Gasteiger partial charge in [-0.05, 0) is 24.0 Å². The third-order valence-electron chi connectivity index (χ3n) is 3.34. The van der Waals surface area contributed by atoms with E-state index in [4.69, 9.17) is 5.73 Å². The SMILES string of the molecule is CCCc1ccc(C(O)(C(N)CC)C(F)(F)F)cc1. The van der Waals surface area contributed by atoms with Gasteiger partial charge in [0, 0.05) is 6.04 Å². The van der Waals surface area contributed by atoms with Crippen molar-refractivity contribution in [1.82, 2.24) is 0 Å². The molecular formula is C14H20F3NO. The lowest BCUT2D eigenvalue weighted by molar-refractivity contribution is -0.274. The maximum absolute atomic E-state index is 13.1. The maximum atomic E-state index is 13.1. The second-order valence-electron chi connectivity index (χ2n) is 4.73. The van der Waals surface area contributed by atoms with Crippen molar-refractivity contribution in [2.75, 3.05) is 0 Å². The van der Waals surface area contributed by atoms with E-state index in [1.54, 1.807) is 12.1 Å². The van der Waals surface area contributed by atoms with Crippen LogP contribution in [0.5, 0.6) is 0 Å². The predicted octanol–water partition coefficient (Wildman–Crippen LogP) is 3.13. The molecule has 0 saturated carbocycles. The molecule has 0 amide bonds. The van der Waals surface area contributed by atoms with Gasteiger partial charge in [-0.25, -0.2) is 0 Å². The Hall–Kier alpha value is -1.07. The monoisotopic (exact) mass is 275 g/mol. The van der Waals surface area contributed by atoms with Crippen LogP contribution in [0.25, 0.3) is 0 Å². The minimum Gasteiger partial charge on any atom is -0.375 e. The summed E-state index contributed by atoms with van der Waals surface area (Å²) in [4.78, 5) is 0. The number of aryl methyl sites for hydroxylation is 1. The molecule has 5 heteroatoms. The number of aliphatic hydroxyl groups is 1. The van der Waals surface area contributed by atoms with E-state index in [2.05, 4.69) is 0 Å². The van der Waals surface area contributed by atoms with E-state index < -0.39 is 17.8 Å². The first-order chi connectivity index (χ1) is 8.77. The summed E-state index contributed by atoms with van der Waals surface area (Å²) >= 11 is 0. The van der Waals surface area contributed by atoms with Gasteiger partial charge >= 0.3 is 6.18 Å². The topological polar surface area (TPSA) is 46.2 Å². The van der Waals surface area contributed by atoms with Gasteiger partial charge < -0.3 is 10.8 Å². The molecular weight excluding hydrogens is 255 g/mol. The van der Waals surface area contributed by atoms with Gasteiger partial charge in [0.2, 0.25) is 5.60 Å². The Labute approximate surface area is 111 Å². The van der Waals surface area contributed by atoms with Crippen molar-refractivity contribution < 1.29 is 18.3 Å². The molecule has 0 heterocycles. The Balaban J connectivity index is 3.19. The second kappa shape index (κ2) is 5.92. The number of nitrogens with two attached hydrogens (primary N) is 1. The van der Waals surface area contributed by atoms with Gasteiger partial charge in [-0.3, -0.25) is 0 Å². The van der Waals surface area contributed by atoms with E-state index in [-0.39, 0.29) is 12.0 Å². The molecule has 2 atom stereocenters. The van der Waals surface area contributed by atoms with Gasteiger partial charge in [-0.15, -0.1) is 0 Å². The molecule has 0 aliphatic carbocycles. The highest BCUT2D eigenvalue weighted by Crippen LogP contribution is 2.41. The Morgan fingerprint density at radius 2 is 1.68 bits per heavy atom. The molecule has 2 nitrogen and oxygen atoms in total. The molecule has 19 heavy (non-hydrogen) atoms. The van der Waals surface area contributed by atoms with Crippen LogP contribution in [0.4, 0.5) is 13.2 Å². The number of alkyl halides is 3. The van der Waals surface area contributed by atoms with Crippen molar-refractivity contribution in [3.63, 3.8) is 0 Å². The van der Waals surface area contributed by atoms with Gasteiger partial charge in [0.05, 0.1) is 0 Å². The predicted molar refractivity (Wildman–Crippen MR) is 68.7 cm³/mol. The molecule has 1 aromatic carbocycles. The molecule has 0 spiro atoms. The van der Waals surface area contributed by atoms with Crippen LogP contribution in [0.2, 0.25) is 0 Å². The van der Waals surface area contributed by atoms with Crippen LogP contribution in [0, 0.1) is 0 Å². The van der Waals surface area contributed by atoms with E-state index in [0.29, 0.717) is 0 Å². The van der Waals surface area contributed by atoms with E-state index in [0.717, 1.165) is 18.4 Å². The Morgan fingerprint density at radius 1 is 1.16 bits per heavy atom. The summed E-state index contributed by atoms with van der Waals surface area (Å²) in [5.41, 5.74) is 3.25. The summed E-state index contributed by atoms with van der Waals surface area (Å²) in [5.74, 6) is 0. The standard InChI is InChI=1S/C14H20F3NO/c1-3-5-10-6-8-11(9-7-10)13(19,12(18)4-2)14(15,16)17/h6-9,12,19H,3-5,18H2,1-2H3. The number of halogens is 3. The van der Waals surface area contributed by atoms with Gasteiger partial charge in [-0.2, -0.15) is 13.2 Å². The summed E-state index contributed by atoms with van der Waals surface area (Å²) in [5, 5.41) is 10.1. The summed E-state index contributed by atoms with van der Waals surface area (Å²) < 4.78 is 39.4. The highest BCUT2D eigenvalue weighted by Gasteiger charge is 2.58. The average molecular weight is 275 g/mol. The molecule has 0 aliphatic rings. The van der Waals surface area contributed by atoms with Crippen molar-refractivity contribution in [3.05, 3.63) is 35.4 Å². The smallest absolute Gasteiger partial charge is 0.375 e. The molecule has 0 aliphatic heterocycles. The van der Waals surface area contributed by atoms with Crippen LogP contribution < -0.4 is 5.73 Å².